The third-order valence-electron chi connectivity index (χ3n) is 9.81. The lowest BCUT2D eigenvalue weighted by atomic mass is 9.60. The van der Waals surface area contributed by atoms with Crippen LogP contribution in [0.3, 0.4) is 0 Å². The van der Waals surface area contributed by atoms with Crippen LogP contribution < -0.4 is 0 Å². The van der Waals surface area contributed by atoms with Crippen molar-refractivity contribution < 1.29 is 20.4 Å². The minimum absolute atomic E-state index is 0.269. The zero-order valence-electron chi connectivity index (χ0n) is 29.8. The maximum Gasteiger partial charge on any atom is 0.102 e. The van der Waals surface area contributed by atoms with Crippen molar-refractivity contribution in [2.24, 2.45) is 5.41 Å². The molecule has 4 N–H and O–H groups in total. The molecule has 0 aromatic heterocycles. The van der Waals surface area contributed by atoms with Gasteiger partial charge in [0.2, 0.25) is 0 Å². The fraction of sp³-hybridized carbons (Fsp3) is 0.846. The predicted octanol–water partition coefficient (Wildman–Crippen LogP) is 9.65. The minimum atomic E-state index is -1.57. The molecular formula is C39H72O4. The van der Waals surface area contributed by atoms with Gasteiger partial charge >= 0.3 is 0 Å². The van der Waals surface area contributed by atoms with Crippen LogP contribution in [0.15, 0.2) is 12.1 Å². The summed E-state index contributed by atoms with van der Waals surface area (Å²) in [6.45, 7) is 15.9. The van der Waals surface area contributed by atoms with Gasteiger partial charge in [-0.2, -0.15) is 0 Å². The first-order valence-corrected chi connectivity index (χ1v) is 18.0. The number of benzene rings is 1. The average Bonchev–Trinajstić information content (AvgIpc) is 2.96. The Morgan fingerprint density at radius 2 is 0.837 bits per heavy atom. The van der Waals surface area contributed by atoms with Crippen molar-refractivity contribution >= 4 is 0 Å². The SMILES string of the molecule is CCCCCCCCCCCCCCCCCCC(O)(c1c(C(C)(C)C)cc(CC)cc1C(C)(C)C)C(CO)(CO)CO. The van der Waals surface area contributed by atoms with Crippen LogP contribution in [0.25, 0.3) is 0 Å². The maximum atomic E-state index is 12.8. The molecule has 0 heterocycles. The van der Waals surface area contributed by atoms with Crippen LogP contribution in [0.4, 0.5) is 0 Å². The highest BCUT2D eigenvalue weighted by Crippen LogP contribution is 2.50. The second-order valence-electron chi connectivity index (χ2n) is 15.6. The molecule has 0 saturated heterocycles. The highest BCUT2D eigenvalue weighted by molar-refractivity contribution is 5.50. The van der Waals surface area contributed by atoms with E-state index >= 15 is 0 Å². The van der Waals surface area contributed by atoms with Crippen LogP contribution in [-0.4, -0.2) is 40.2 Å². The van der Waals surface area contributed by atoms with Gasteiger partial charge in [-0.3, -0.25) is 0 Å². The molecule has 0 spiro atoms. The Morgan fingerprint density at radius 3 is 1.12 bits per heavy atom. The molecule has 1 aromatic carbocycles. The first-order valence-electron chi connectivity index (χ1n) is 18.0. The summed E-state index contributed by atoms with van der Waals surface area (Å²) in [6.07, 6.45) is 21.7. The molecule has 252 valence electrons. The summed E-state index contributed by atoms with van der Waals surface area (Å²) >= 11 is 0. The van der Waals surface area contributed by atoms with Gasteiger partial charge in [0.25, 0.3) is 0 Å². The molecule has 1 rings (SSSR count). The molecular weight excluding hydrogens is 532 g/mol. The van der Waals surface area contributed by atoms with Crippen molar-refractivity contribution in [1.29, 1.82) is 0 Å². The lowest BCUT2D eigenvalue weighted by molar-refractivity contribution is -0.165. The molecule has 0 fully saturated rings. The number of aliphatic hydroxyl groups is 4. The van der Waals surface area contributed by atoms with Gasteiger partial charge in [-0.05, 0) is 45.9 Å². The molecule has 0 saturated carbocycles. The molecule has 0 radical (unpaired) electrons. The molecule has 0 bridgehead atoms. The molecule has 1 unspecified atom stereocenters. The summed E-state index contributed by atoms with van der Waals surface area (Å²) in [5.41, 5.74) is 0.527. The standard InChI is InChI=1S/C39H72O4/c1-9-11-12-13-14-15-16-17-18-19-20-21-22-23-24-25-26-39(43,38(29-40,30-41)31-42)35-33(36(3,4)5)27-32(10-2)28-34(35)37(6,7)8/h27-28,40-43H,9-26,29-31H2,1-8H3. The van der Waals surface area contributed by atoms with Crippen molar-refractivity contribution in [1.82, 2.24) is 0 Å². The Labute approximate surface area is 267 Å². The van der Waals surface area contributed by atoms with E-state index in [-0.39, 0.29) is 10.8 Å². The van der Waals surface area contributed by atoms with Crippen LogP contribution in [-0.2, 0) is 22.9 Å². The lowest BCUT2D eigenvalue weighted by Crippen LogP contribution is -2.55. The van der Waals surface area contributed by atoms with Crippen LogP contribution in [0, 0.1) is 5.41 Å². The van der Waals surface area contributed by atoms with E-state index in [1.807, 2.05) is 0 Å². The number of rotatable bonds is 23. The second kappa shape index (κ2) is 19.5. The first kappa shape index (κ1) is 40.1. The molecule has 4 nitrogen and oxygen atoms in total. The summed E-state index contributed by atoms with van der Waals surface area (Å²) in [5, 5.41) is 44.6. The lowest BCUT2D eigenvalue weighted by Gasteiger charge is -2.49. The zero-order valence-corrected chi connectivity index (χ0v) is 29.8. The minimum Gasteiger partial charge on any atom is -0.395 e. The zero-order chi connectivity index (χ0) is 32.6. The molecule has 0 aliphatic carbocycles. The van der Waals surface area contributed by atoms with E-state index in [0.717, 1.165) is 42.4 Å². The molecule has 4 heteroatoms. The summed E-state index contributed by atoms with van der Waals surface area (Å²) in [4.78, 5) is 0. The van der Waals surface area contributed by atoms with E-state index < -0.39 is 30.8 Å². The van der Waals surface area contributed by atoms with Crippen molar-refractivity contribution in [3.8, 4) is 0 Å². The van der Waals surface area contributed by atoms with E-state index in [1.165, 1.54) is 89.0 Å². The summed E-state index contributed by atoms with van der Waals surface area (Å²) in [5.74, 6) is 0. The summed E-state index contributed by atoms with van der Waals surface area (Å²) in [7, 11) is 0. The largest absolute Gasteiger partial charge is 0.395 e. The number of hydrogen-bond donors (Lipinski definition) is 4. The van der Waals surface area contributed by atoms with Gasteiger partial charge in [-0.1, -0.05) is 170 Å². The highest BCUT2D eigenvalue weighted by Gasteiger charge is 2.53. The van der Waals surface area contributed by atoms with E-state index in [1.54, 1.807) is 0 Å². The van der Waals surface area contributed by atoms with Gasteiger partial charge in [0.15, 0.2) is 0 Å². The quantitative estimate of drug-likeness (QED) is 0.0938. The fourth-order valence-electron chi connectivity index (χ4n) is 6.66. The number of aryl methyl sites for hydroxylation is 1. The second-order valence-corrected chi connectivity index (χ2v) is 15.6. The van der Waals surface area contributed by atoms with Crippen LogP contribution in [0.5, 0.6) is 0 Å². The maximum absolute atomic E-state index is 12.8. The Bertz CT molecular complexity index is 831. The molecule has 0 amide bonds. The Kier molecular flexibility index (Phi) is 18.2. The normalized spacial score (nSPS) is 14.3. The molecule has 1 atom stereocenters. The van der Waals surface area contributed by atoms with E-state index in [0.29, 0.717) is 6.42 Å². The Hall–Kier alpha value is -0.940. The number of unbranched alkanes of at least 4 members (excludes halogenated alkanes) is 15. The van der Waals surface area contributed by atoms with Crippen LogP contribution in [0.2, 0.25) is 0 Å². The van der Waals surface area contributed by atoms with Crippen LogP contribution in [0.1, 0.15) is 187 Å². The fourth-order valence-corrected chi connectivity index (χ4v) is 6.66. The monoisotopic (exact) mass is 605 g/mol. The molecule has 0 aliphatic rings. The van der Waals surface area contributed by atoms with E-state index in [9.17, 15) is 20.4 Å². The van der Waals surface area contributed by atoms with Crippen molar-refractivity contribution in [2.75, 3.05) is 19.8 Å². The van der Waals surface area contributed by atoms with Gasteiger partial charge in [-0.25, -0.2) is 0 Å². The number of aliphatic hydroxyl groups excluding tert-OH is 3. The third-order valence-corrected chi connectivity index (χ3v) is 9.81. The Balaban J connectivity index is 2.91. The van der Waals surface area contributed by atoms with Gasteiger partial charge in [0, 0.05) is 0 Å². The van der Waals surface area contributed by atoms with Crippen molar-refractivity contribution in [3.05, 3.63) is 34.4 Å². The molecule has 43 heavy (non-hydrogen) atoms. The number of hydrogen-bond acceptors (Lipinski definition) is 4. The predicted molar refractivity (Wildman–Crippen MR) is 185 cm³/mol. The van der Waals surface area contributed by atoms with E-state index in [2.05, 4.69) is 67.5 Å². The summed E-state index contributed by atoms with van der Waals surface area (Å²) < 4.78 is 0. The van der Waals surface area contributed by atoms with Gasteiger partial charge < -0.3 is 20.4 Å². The molecule has 1 aromatic rings. The van der Waals surface area contributed by atoms with Crippen LogP contribution >= 0.6 is 0 Å². The topological polar surface area (TPSA) is 80.9 Å². The van der Waals surface area contributed by atoms with Gasteiger partial charge in [-0.15, -0.1) is 0 Å². The highest BCUT2D eigenvalue weighted by atomic mass is 16.3. The van der Waals surface area contributed by atoms with Gasteiger partial charge in [0.05, 0.1) is 25.2 Å². The first-order chi connectivity index (χ1) is 20.3. The summed E-state index contributed by atoms with van der Waals surface area (Å²) in [6, 6.07) is 4.39. The van der Waals surface area contributed by atoms with Crippen molar-refractivity contribution in [2.45, 2.75) is 187 Å². The van der Waals surface area contributed by atoms with Gasteiger partial charge in [0.1, 0.15) is 5.60 Å². The van der Waals surface area contributed by atoms with E-state index in [4.69, 9.17) is 0 Å². The average molecular weight is 605 g/mol. The third kappa shape index (κ3) is 12.1. The Morgan fingerprint density at radius 1 is 0.512 bits per heavy atom. The smallest absolute Gasteiger partial charge is 0.102 e. The molecule has 0 aliphatic heterocycles. The van der Waals surface area contributed by atoms with Crippen molar-refractivity contribution in [3.63, 3.8) is 0 Å².